The molecule has 3 rings (SSSR count). The molecular weight excluding hydrogens is 581 g/mol. The highest BCUT2D eigenvalue weighted by Gasteiger charge is 2.49. The predicted molar refractivity (Wildman–Crippen MR) is 162 cm³/mol. The highest BCUT2D eigenvalue weighted by molar-refractivity contribution is 7.47. The highest BCUT2D eigenvalue weighted by atomic mass is 31.2. The summed E-state index contributed by atoms with van der Waals surface area (Å²) in [6.45, 7) is 7.90. The van der Waals surface area contributed by atoms with E-state index in [9.17, 15) is 18.9 Å². The predicted octanol–water partition coefficient (Wildman–Crippen LogP) is 6.91. The first kappa shape index (κ1) is 36.7. The Hall–Kier alpha value is 0.205. The Morgan fingerprint density at radius 3 is 2.10 bits per heavy atom. The molecule has 0 amide bonds. The van der Waals surface area contributed by atoms with Crippen LogP contribution in [0.15, 0.2) is 0 Å². The van der Waals surface area contributed by atoms with E-state index in [-0.39, 0.29) is 24.5 Å². The van der Waals surface area contributed by atoms with Gasteiger partial charge >= 0.3 is 15.6 Å². The van der Waals surface area contributed by atoms with Crippen molar-refractivity contribution in [2.24, 2.45) is 23.7 Å². The standard InChI is InChI=1S/C29H55BO10P2/c1-6-11-21-13-9-10-14-22(12-7-2)16-18-24-28(25(8-3)38-29(24)30)40-42(33,34)36-19-26-27(39-41(31,32)35-5)23(17-15-21)20(4)37-26/h20-29H,6-19H2,1-5H3,(H,31,32)(H,33,34). The van der Waals surface area contributed by atoms with Gasteiger partial charge in [0.15, 0.2) is 0 Å². The smallest absolute Gasteiger partial charge is 0.382 e. The lowest BCUT2D eigenvalue weighted by atomic mass is 9.79. The Morgan fingerprint density at radius 2 is 1.55 bits per heavy atom. The molecule has 2 radical (unpaired) electrons. The lowest BCUT2D eigenvalue weighted by Gasteiger charge is -2.28. The van der Waals surface area contributed by atoms with Crippen LogP contribution in [0.1, 0.15) is 111 Å². The van der Waals surface area contributed by atoms with Gasteiger partial charge in [-0.25, -0.2) is 9.13 Å². The normalized spacial score (nSPS) is 42.6. The average molecular weight is 637 g/mol. The third-order valence-electron chi connectivity index (χ3n) is 9.55. The number of phosphoric ester groups is 2. The zero-order chi connectivity index (χ0) is 30.9. The third kappa shape index (κ3) is 10.6. The van der Waals surface area contributed by atoms with Gasteiger partial charge in [-0.2, -0.15) is 0 Å². The van der Waals surface area contributed by atoms with Crippen LogP contribution >= 0.6 is 15.6 Å². The molecule has 12 unspecified atom stereocenters. The molecule has 244 valence electrons. The molecule has 0 saturated carbocycles. The monoisotopic (exact) mass is 636 g/mol. The summed E-state index contributed by atoms with van der Waals surface area (Å²) in [5.74, 6) is 0.659. The van der Waals surface area contributed by atoms with Crippen molar-refractivity contribution in [3.05, 3.63) is 0 Å². The summed E-state index contributed by atoms with van der Waals surface area (Å²) in [5, 5.41) is 0. The molecule has 0 aliphatic carbocycles. The summed E-state index contributed by atoms with van der Waals surface area (Å²) in [7, 11) is -1.43. The zero-order valence-corrected chi connectivity index (χ0v) is 28.1. The zero-order valence-electron chi connectivity index (χ0n) is 26.3. The van der Waals surface area contributed by atoms with Crippen LogP contribution < -0.4 is 0 Å². The molecule has 0 aromatic heterocycles. The highest BCUT2D eigenvalue weighted by Crippen LogP contribution is 2.52. The van der Waals surface area contributed by atoms with E-state index in [2.05, 4.69) is 13.8 Å². The molecule has 3 fully saturated rings. The van der Waals surface area contributed by atoms with Gasteiger partial charge in [0.2, 0.25) is 0 Å². The van der Waals surface area contributed by atoms with Gasteiger partial charge in [-0.05, 0) is 44.4 Å². The van der Waals surface area contributed by atoms with Gasteiger partial charge in [0, 0.05) is 24.9 Å². The van der Waals surface area contributed by atoms with Crippen molar-refractivity contribution in [1.82, 2.24) is 0 Å². The Balaban J connectivity index is 1.86. The maximum absolute atomic E-state index is 13.3. The van der Waals surface area contributed by atoms with E-state index < -0.39 is 46.1 Å². The van der Waals surface area contributed by atoms with E-state index in [0.717, 1.165) is 84.2 Å². The molecule has 12 atom stereocenters. The van der Waals surface area contributed by atoms with Crippen molar-refractivity contribution >= 4 is 23.5 Å². The molecule has 3 heterocycles. The van der Waals surface area contributed by atoms with E-state index >= 15 is 0 Å². The fraction of sp³-hybridized carbons (Fsp3) is 1.00. The first-order chi connectivity index (χ1) is 19.9. The Bertz CT molecular complexity index is 896. The minimum absolute atomic E-state index is 0.210. The minimum atomic E-state index is -4.57. The molecular formula is C29H55BO10P2. The third-order valence-corrected chi connectivity index (χ3v) is 11.5. The summed E-state index contributed by atoms with van der Waals surface area (Å²) in [6, 6.07) is -0.587. The van der Waals surface area contributed by atoms with E-state index in [1.165, 1.54) is 0 Å². The molecule has 3 aliphatic heterocycles. The quantitative estimate of drug-likeness (QED) is 0.214. The molecule has 42 heavy (non-hydrogen) atoms. The van der Waals surface area contributed by atoms with Gasteiger partial charge in [0.25, 0.3) is 0 Å². The molecule has 2 bridgehead atoms. The average Bonchev–Trinajstić information content (AvgIpc) is 3.39. The van der Waals surface area contributed by atoms with Crippen LogP contribution in [0.2, 0.25) is 0 Å². The second-order valence-electron chi connectivity index (χ2n) is 12.6. The Labute approximate surface area is 254 Å². The van der Waals surface area contributed by atoms with E-state index in [1.54, 1.807) is 0 Å². The van der Waals surface area contributed by atoms with E-state index in [1.807, 2.05) is 13.8 Å². The van der Waals surface area contributed by atoms with Crippen molar-refractivity contribution < 1.29 is 46.5 Å². The summed E-state index contributed by atoms with van der Waals surface area (Å²) in [4.78, 5) is 21.0. The van der Waals surface area contributed by atoms with Gasteiger partial charge in [-0.3, -0.25) is 18.1 Å². The summed E-state index contributed by atoms with van der Waals surface area (Å²) in [6.07, 6.45) is 9.95. The van der Waals surface area contributed by atoms with Crippen molar-refractivity contribution in [1.29, 1.82) is 0 Å². The number of hydrogen-bond acceptors (Lipinski definition) is 8. The van der Waals surface area contributed by atoms with Crippen LogP contribution in [-0.2, 0) is 36.7 Å². The summed E-state index contributed by atoms with van der Waals surface area (Å²) in [5.41, 5.74) is 0. The van der Waals surface area contributed by atoms with Crippen molar-refractivity contribution in [2.45, 2.75) is 148 Å². The first-order valence-electron chi connectivity index (χ1n) is 16.2. The number of rotatable bonds is 8. The SMILES string of the molecule is [B]C1OC(CC)C2OP(=O)(O)OCC3OC(C)C(CCC(CCC)CCCCC(CCC)CCC12)C3OP(=O)(O)OC. The number of hydrogen-bond donors (Lipinski definition) is 2. The Morgan fingerprint density at radius 1 is 0.952 bits per heavy atom. The Kier molecular flexibility index (Phi) is 15.0. The summed E-state index contributed by atoms with van der Waals surface area (Å²) < 4.78 is 59.4. The number of ether oxygens (including phenoxy) is 2. The van der Waals surface area contributed by atoms with Gasteiger partial charge in [-0.1, -0.05) is 78.6 Å². The van der Waals surface area contributed by atoms with Crippen LogP contribution in [0.5, 0.6) is 0 Å². The maximum Gasteiger partial charge on any atom is 0.472 e. The largest absolute Gasteiger partial charge is 0.472 e. The lowest BCUT2D eigenvalue weighted by molar-refractivity contribution is -0.0279. The number of fused-ring (bicyclic) bond motifs is 3. The first-order valence-corrected chi connectivity index (χ1v) is 19.2. The van der Waals surface area contributed by atoms with E-state index in [4.69, 9.17) is 35.4 Å². The maximum atomic E-state index is 13.3. The van der Waals surface area contributed by atoms with Crippen LogP contribution in [0.3, 0.4) is 0 Å². The van der Waals surface area contributed by atoms with Crippen molar-refractivity contribution in [2.75, 3.05) is 13.7 Å². The molecule has 10 nitrogen and oxygen atoms in total. The van der Waals surface area contributed by atoms with Crippen LogP contribution in [-0.4, -0.2) is 67.9 Å². The molecule has 2 N–H and O–H groups in total. The fourth-order valence-corrected chi connectivity index (χ4v) is 8.96. The van der Waals surface area contributed by atoms with Gasteiger partial charge in [-0.15, -0.1) is 0 Å². The molecule has 0 spiro atoms. The fourth-order valence-electron chi connectivity index (χ4n) is 7.28. The molecule has 3 aliphatic rings. The van der Waals surface area contributed by atoms with Crippen molar-refractivity contribution in [3.63, 3.8) is 0 Å². The van der Waals surface area contributed by atoms with Gasteiger partial charge < -0.3 is 19.3 Å². The number of phosphoric acid groups is 2. The van der Waals surface area contributed by atoms with E-state index in [0.29, 0.717) is 18.3 Å². The van der Waals surface area contributed by atoms with Crippen LogP contribution in [0.4, 0.5) is 0 Å². The minimum Gasteiger partial charge on any atom is -0.382 e. The van der Waals surface area contributed by atoms with Gasteiger partial charge in [0.1, 0.15) is 26.2 Å². The van der Waals surface area contributed by atoms with Gasteiger partial charge in [0.05, 0.1) is 18.8 Å². The molecule has 3 saturated heterocycles. The topological polar surface area (TPSA) is 130 Å². The lowest BCUT2D eigenvalue weighted by Crippen LogP contribution is -2.34. The molecule has 0 aromatic rings. The molecule has 0 aromatic carbocycles. The molecule has 13 heteroatoms. The second-order valence-corrected chi connectivity index (χ2v) is 15.5. The van der Waals surface area contributed by atoms with Crippen LogP contribution in [0, 0.1) is 23.7 Å². The summed E-state index contributed by atoms with van der Waals surface area (Å²) >= 11 is 0. The second kappa shape index (κ2) is 17.2. The van der Waals surface area contributed by atoms with Crippen molar-refractivity contribution in [3.8, 4) is 0 Å². The van der Waals surface area contributed by atoms with Crippen LogP contribution in [0.25, 0.3) is 0 Å².